The number of hydrogen-bond acceptors (Lipinski definition) is 2. The first-order valence-electron chi connectivity index (χ1n) is 8.55. The summed E-state index contributed by atoms with van der Waals surface area (Å²) >= 11 is 0. The maximum Gasteiger partial charge on any atom is 0.120 e. The van der Waals surface area contributed by atoms with Gasteiger partial charge in [0.15, 0.2) is 0 Å². The van der Waals surface area contributed by atoms with Gasteiger partial charge in [-0.3, -0.25) is 0 Å². The van der Waals surface area contributed by atoms with Crippen molar-refractivity contribution in [1.82, 2.24) is 9.88 Å². The SMILES string of the molecule is c1ccc(COc2cccc(C3NCCCn4cccc43)c2)cc1. The fraction of sp³-hybridized carbons (Fsp3) is 0.238. The number of benzene rings is 2. The van der Waals surface area contributed by atoms with Crippen molar-refractivity contribution in [3.8, 4) is 5.75 Å². The van der Waals surface area contributed by atoms with Crippen LogP contribution in [0.1, 0.15) is 29.3 Å². The van der Waals surface area contributed by atoms with Gasteiger partial charge in [-0.2, -0.15) is 0 Å². The molecule has 0 bridgehead atoms. The molecule has 0 aliphatic carbocycles. The summed E-state index contributed by atoms with van der Waals surface area (Å²) in [5.41, 5.74) is 3.76. The van der Waals surface area contributed by atoms with Gasteiger partial charge in [0.2, 0.25) is 0 Å². The Balaban J connectivity index is 1.55. The Morgan fingerprint density at radius 3 is 2.83 bits per heavy atom. The third-order valence-corrected chi connectivity index (χ3v) is 4.52. The van der Waals surface area contributed by atoms with Gasteiger partial charge in [0.05, 0.1) is 6.04 Å². The fourth-order valence-corrected chi connectivity index (χ4v) is 3.31. The number of rotatable bonds is 4. The second-order valence-electron chi connectivity index (χ2n) is 6.21. The van der Waals surface area contributed by atoms with Crippen molar-refractivity contribution in [2.45, 2.75) is 25.6 Å². The van der Waals surface area contributed by atoms with Gasteiger partial charge in [-0.25, -0.2) is 0 Å². The Hall–Kier alpha value is -2.52. The number of nitrogens with zero attached hydrogens (tertiary/aromatic N) is 1. The van der Waals surface area contributed by atoms with Crippen LogP contribution in [0, 0.1) is 0 Å². The van der Waals surface area contributed by atoms with Gasteiger partial charge < -0.3 is 14.6 Å². The first-order chi connectivity index (χ1) is 11.9. The average molecular weight is 318 g/mol. The number of fused-ring (bicyclic) bond motifs is 1. The minimum Gasteiger partial charge on any atom is -0.489 e. The molecule has 3 nitrogen and oxygen atoms in total. The summed E-state index contributed by atoms with van der Waals surface area (Å²) in [4.78, 5) is 0. The highest BCUT2D eigenvalue weighted by molar-refractivity contribution is 5.35. The molecular weight excluding hydrogens is 296 g/mol. The molecule has 0 radical (unpaired) electrons. The van der Waals surface area contributed by atoms with E-state index in [1.807, 2.05) is 24.3 Å². The summed E-state index contributed by atoms with van der Waals surface area (Å²) in [5, 5.41) is 3.66. The Kier molecular flexibility index (Phi) is 4.34. The molecule has 1 N–H and O–H groups in total. The van der Waals surface area contributed by atoms with E-state index < -0.39 is 0 Å². The quantitative estimate of drug-likeness (QED) is 0.782. The molecule has 0 amide bonds. The van der Waals surface area contributed by atoms with Crippen LogP contribution in [-0.2, 0) is 13.2 Å². The molecule has 122 valence electrons. The minimum absolute atomic E-state index is 0.225. The van der Waals surface area contributed by atoms with Crippen LogP contribution in [0.4, 0.5) is 0 Å². The largest absolute Gasteiger partial charge is 0.489 e. The third kappa shape index (κ3) is 3.22. The van der Waals surface area contributed by atoms with Crippen molar-refractivity contribution < 1.29 is 4.74 Å². The zero-order chi connectivity index (χ0) is 16.2. The highest BCUT2D eigenvalue weighted by atomic mass is 16.5. The Bertz CT molecular complexity index is 794. The van der Waals surface area contributed by atoms with Crippen LogP contribution in [0.15, 0.2) is 72.9 Å². The highest BCUT2D eigenvalue weighted by Gasteiger charge is 2.19. The molecule has 1 unspecified atom stereocenters. The Labute approximate surface area is 142 Å². The summed E-state index contributed by atoms with van der Waals surface area (Å²) in [5.74, 6) is 0.917. The summed E-state index contributed by atoms with van der Waals surface area (Å²) < 4.78 is 8.34. The van der Waals surface area contributed by atoms with Crippen molar-refractivity contribution >= 4 is 0 Å². The van der Waals surface area contributed by atoms with Crippen molar-refractivity contribution in [2.75, 3.05) is 6.54 Å². The summed E-state index contributed by atoms with van der Waals surface area (Å²) in [7, 11) is 0. The standard InChI is InChI=1S/C21H22N2O/c1-2-7-17(8-3-1)16-24-19-10-4-9-18(15-19)21-20-11-5-13-23(20)14-6-12-22-21/h1-5,7-11,13,15,21-22H,6,12,14,16H2. The van der Waals surface area contributed by atoms with Crippen LogP contribution >= 0.6 is 0 Å². The van der Waals surface area contributed by atoms with Gasteiger partial charge >= 0.3 is 0 Å². The van der Waals surface area contributed by atoms with E-state index in [9.17, 15) is 0 Å². The molecule has 2 heterocycles. The van der Waals surface area contributed by atoms with Gasteiger partial charge in [0.25, 0.3) is 0 Å². The molecule has 3 heteroatoms. The van der Waals surface area contributed by atoms with Gasteiger partial charge in [-0.1, -0.05) is 42.5 Å². The molecule has 0 fully saturated rings. The van der Waals surface area contributed by atoms with Crippen molar-refractivity contribution in [3.05, 3.63) is 89.7 Å². The number of hydrogen-bond donors (Lipinski definition) is 1. The van der Waals surface area contributed by atoms with Crippen molar-refractivity contribution in [1.29, 1.82) is 0 Å². The Morgan fingerprint density at radius 1 is 1.00 bits per heavy atom. The highest BCUT2D eigenvalue weighted by Crippen LogP contribution is 2.27. The maximum atomic E-state index is 5.99. The van der Waals surface area contributed by atoms with Crippen molar-refractivity contribution in [2.24, 2.45) is 0 Å². The topological polar surface area (TPSA) is 26.2 Å². The van der Waals surface area contributed by atoms with Crippen LogP contribution < -0.4 is 10.1 Å². The molecule has 0 saturated heterocycles. The lowest BCUT2D eigenvalue weighted by atomic mass is 10.0. The zero-order valence-electron chi connectivity index (χ0n) is 13.7. The number of aromatic nitrogens is 1. The van der Waals surface area contributed by atoms with Crippen LogP contribution in [0.5, 0.6) is 5.75 Å². The first kappa shape index (κ1) is 15.0. The van der Waals surface area contributed by atoms with E-state index in [0.717, 1.165) is 25.3 Å². The van der Waals surface area contributed by atoms with Gasteiger partial charge in [-0.05, 0) is 48.4 Å². The Morgan fingerprint density at radius 2 is 1.92 bits per heavy atom. The smallest absolute Gasteiger partial charge is 0.120 e. The number of aryl methyl sites for hydroxylation is 1. The lowest BCUT2D eigenvalue weighted by molar-refractivity contribution is 0.305. The van der Waals surface area contributed by atoms with E-state index >= 15 is 0 Å². The molecule has 1 atom stereocenters. The number of ether oxygens (including phenoxy) is 1. The third-order valence-electron chi connectivity index (χ3n) is 4.52. The minimum atomic E-state index is 0.225. The van der Waals surface area contributed by atoms with Crippen LogP contribution in [0.2, 0.25) is 0 Å². The molecule has 4 rings (SSSR count). The lowest BCUT2D eigenvalue weighted by Crippen LogP contribution is -2.22. The second-order valence-corrected chi connectivity index (χ2v) is 6.21. The van der Waals surface area contributed by atoms with Gasteiger partial charge in [0, 0.05) is 18.4 Å². The van der Waals surface area contributed by atoms with Crippen molar-refractivity contribution in [3.63, 3.8) is 0 Å². The summed E-state index contributed by atoms with van der Waals surface area (Å²) in [6.07, 6.45) is 3.33. The van der Waals surface area contributed by atoms with E-state index in [2.05, 4.69) is 58.5 Å². The monoisotopic (exact) mass is 318 g/mol. The fourth-order valence-electron chi connectivity index (χ4n) is 3.31. The molecule has 1 aromatic heterocycles. The van der Waals surface area contributed by atoms with Crippen LogP contribution in [-0.4, -0.2) is 11.1 Å². The molecule has 2 aromatic carbocycles. The molecule has 1 aliphatic heterocycles. The van der Waals surface area contributed by atoms with Gasteiger partial charge in [-0.15, -0.1) is 0 Å². The molecule has 0 spiro atoms. The molecule has 1 aliphatic rings. The summed E-state index contributed by atoms with van der Waals surface area (Å²) in [6, 6.07) is 23.3. The van der Waals surface area contributed by atoms with E-state index in [1.54, 1.807) is 0 Å². The molecular formula is C21H22N2O. The van der Waals surface area contributed by atoms with Crippen LogP contribution in [0.25, 0.3) is 0 Å². The average Bonchev–Trinajstić information content (AvgIpc) is 3.00. The predicted molar refractivity (Wildman–Crippen MR) is 96.1 cm³/mol. The normalized spacial score (nSPS) is 17.1. The molecule has 24 heavy (non-hydrogen) atoms. The summed E-state index contributed by atoms with van der Waals surface area (Å²) in [6.45, 7) is 2.70. The van der Waals surface area contributed by atoms with E-state index in [4.69, 9.17) is 4.74 Å². The van der Waals surface area contributed by atoms with E-state index in [1.165, 1.54) is 16.8 Å². The molecule has 0 saturated carbocycles. The zero-order valence-corrected chi connectivity index (χ0v) is 13.7. The number of nitrogens with one attached hydrogen (secondary N) is 1. The van der Waals surface area contributed by atoms with E-state index in [-0.39, 0.29) is 6.04 Å². The lowest BCUT2D eigenvalue weighted by Gasteiger charge is -2.19. The van der Waals surface area contributed by atoms with Crippen LogP contribution in [0.3, 0.4) is 0 Å². The van der Waals surface area contributed by atoms with E-state index in [0.29, 0.717) is 6.61 Å². The predicted octanol–water partition coefficient (Wildman–Crippen LogP) is 4.15. The second kappa shape index (κ2) is 6.93. The van der Waals surface area contributed by atoms with Gasteiger partial charge in [0.1, 0.15) is 12.4 Å². The maximum absolute atomic E-state index is 5.99. The molecule has 3 aromatic rings. The first-order valence-corrected chi connectivity index (χ1v) is 8.55.